The summed E-state index contributed by atoms with van der Waals surface area (Å²) in [5.74, 6) is 0.369. The van der Waals surface area contributed by atoms with Crippen LogP contribution >= 0.6 is 0 Å². The number of aryl methyl sites for hydroxylation is 1. The quantitative estimate of drug-likeness (QED) is 0.877. The van der Waals surface area contributed by atoms with Gasteiger partial charge in [-0.3, -0.25) is 9.69 Å². The zero-order valence-corrected chi connectivity index (χ0v) is 15.1. The van der Waals surface area contributed by atoms with E-state index in [0.29, 0.717) is 12.6 Å². The van der Waals surface area contributed by atoms with Crippen molar-refractivity contribution in [2.45, 2.75) is 38.4 Å². The third-order valence-electron chi connectivity index (χ3n) is 4.77. The van der Waals surface area contributed by atoms with E-state index in [1.54, 1.807) is 12.1 Å². The van der Waals surface area contributed by atoms with Crippen molar-refractivity contribution in [3.63, 3.8) is 0 Å². The minimum absolute atomic E-state index is 0.130. The summed E-state index contributed by atoms with van der Waals surface area (Å²) in [6.07, 6.45) is 2.11. The highest BCUT2D eigenvalue weighted by atomic mass is 16.3. The molecule has 0 unspecified atom stereocenters. The molecule has 3 rings (SSSR count). The molecule has 1 aliphatic rings. The number of aromatic hydroxyl groups is 1. The van der Waals surface area contributed by atoms with Crippen LogP contribution in [0.1, 0.15) is 35.6 Å². The summed E-state index contributed by atoms with van der Waals surface area (Å²) in [7, 11) is 3.91. The number of phenolic OH excluding ortho intramolecular Hbond substituents is 1. The highest BCUT2D eigenvalue weighted by Crippen LogP contribution is 2.33. The number of carbonyl (C=O) groups excluding carboxylic acids is 1. The second-order valence-corrected chi connectivity index (χ2v) is 7.09. The molecule has 0 saturated heterocycles. The fraction of sp³-hybridized carbons (Fsp3) is 0.381. The molecule has 0 aromatic heterocycles. The molecule has 1 amide bonds. The molecule has 1 N–H and O–H groups in total. The maximum absolute atomic E-state index is 13.4. The Kier molecular flexibility index (Phi) is 5.09. The van der Waals surface area contributed by atoms with Crippen LogP contribution in [0.15, 0.2) is 48.5 Å². The van der Waals surface area contributed by atoms with Crippen LogP contribution in [0.25, 0.3) is 0 Å². The average Bonchev–Trinajstić information content (AvgIpc) is 3.39. The Morgan fingerprint density at radius 3 is 2.48 bits per heavy atom. The van der Waals surface area contributed by atoms with E-state index in [2.05, 4.69) is 13.0 Å². The largest absolute Gasteiger partial charge is 0.508 e. The van der Waals surface area contributed by atoms with Gasteiger partial charge in [0.05, 0.1) is 0 Å². The predicted octanol–water partition coefficient (Wildman–Crippen LogP) is 3.49. The van der Waals surface area contributed by atoms with E-state index in [1.807, 2.05) is 54.2 Å². The molecule has 1 atom stereocenters. The second kappa shape index (κ2) is 7.28. The lowest BCUT2D eigenvalue weighted by Crippen LogP contribution is -2.41. The fourth-order valence-corrected chi connectivity index (χ4v) is 3.31. The van der Waals surface area contributed by atoms with Crippen LogP contribution in [0.4, 0.5) is 0 Å². The normalized spacial score (nSPS) is 15.2. The number of likely N-dealkylation sites (N-methyl/N-ethyl adjacent to an activating group) is 1. The first-order chi connectivity index (χ1) is 12.0. The number of nitrogens with zero attached hydrogens (tertiary/aromatic N) is 2. The number of rotatable bonds is 6. The maximum Gasteiger partial charge on any atom is 0.245 e. The highest BCUT2D eigenvalue weighted by Gasteiger charge is 2.37. The van der Waals surface area contributed by atoms with Gasteiger partial charge in [0.25, 0.3) is 0 Å². The van der Waals surface area contributed by atoms with Crippen molar-refractivity contribution in [2.75, 3.05) is 14.1 Å². The van der Waals surface area contributed by atoms with Crippen LogP contribution in [0, 0.1) is 6.92 Å². The molecule has 4 nitrogen and oxygen atoms in total. The molecule has 0 bridgehead atoms. The van der Waals surface area contributed by atoms with E-state index in [9.17, 15) is 9.90 Å². The minimum Gasteiger partial charge on any atom is -0.508 e. The van der Waals surface area contributed by atoms with Gasteiger partial charge in [0, 0.05) is 12.6 Å². The van der Waals surface area contributed by atoms with E-state index >= 15 is 0 Å². The van der Waals surface area contributed by atoms with Gasteiger partial charge in [-0.2, -0.15) is 0 Å². The Morgan fingerprint density at radius 1 is 1.16 bits per heavy atom. The van der Waals surface area contributed by atoms with Gasteiger partial charge in [0.1, 0.15) is 11.8 Å². The van der Waals surface area contributed by atoms with Crippen LogP contribution in [0.3, 0.4) is 0 Å². The Balaban J connectivity index is 1.89. The number of carbonyl (C=O) groups is 1. The van der Waals surface area contributed by atoms with Gasteiger partial charge < -0.3 is 10.0 Å². The molecule has 25 heavy (non-hydrogen) atoms. The first-order valence-corrected chi connectivity index (χ1v) is 8.77. The first kappa shape index (κ1) is 17.5. The van der Waals surface area contributed by atoms with Gasteiger partial charge in [-0.15, -0.1) is 0 Å². The predicted molar refractivity (Wildman–Crippen MR) is 99.3 cm³/mol. The summed E-state index contributed by atoms with van der Waals surface area (Å²) in [5.41, 5.74) is 3.14. The Hall–Kier alpha value is -2.33. The molecule has 1 fully saturated rings. The van der Waals surface area contributed by atoms with Crippen molar-refractivity contribution < 1.29 is 9.90 Å². The molecular formula is C21H26N2O2. The molecule has 0 heterocycles. The molecule has 1 aliphatic carbocycles. The Morgan fingerprint density at radius 2 is 1.88 bits per heavy atom. The zero-order chi connectivity index (χ0) is 18.0. The zero-order valence-electron chi connectivity index (χ0n) is 15.1. The molecule has 2 aromatic rings. The Labute approximate surface area is 149 Å². The summed E-state index contributed by atoms with van der Waals surface area (Å²) < 4.78 is 0. The minimum atomic E-state index is -0.292. The standard InChI is InChI=1S/C21H26N2O2/c1-15-7-4-5-10-19(15)20(22(2)3)21(25)23(17-11-12-17)14-16-8-6-9-18(24)13-16/h4-10,13,17,20,24H,11-12,14H2,1-3H3/t20-/m1/s1. The third kappa shape index (κ3) is 4.02. The monoisotopic (exact) mass is 338 g/mol. The van der Waals surface area contributed by atoms with E-state index in [4.69, 9.17) is 0 Å². The summed E-state index contributed by atoms with van der Waals surface area (Å²) in [6.45, 7) is 2.59. The highest BCUT2D eigenvalue weighted by molar-refractivity contribution is 5.84. The summed E-state index contributed by atoms with van der Waals surface area (Å²) in [5, 5.41) is 9.72. The van der Waals surface area contributed by atoms with E-state index in [-0.39, 0.29) is 17.7 Å². The lowest BCUT2D eigenvalue weighted by molar-refractivity contribution is -0.137. The van der Waals surface area contributed by atoms with E-state index < -0.39 is 0 Å². The second-order valence-electron chi connectivity index (χ2n) is 7.09. The van der Waals surface area contributed by atoms with Crippen LogP contribution in [-0.2, 0) is 11.3 Å². The molecular weight excluding hydrogens is 312 g/mol. The van der Waals surface area contributed by atoms with Crippen LogP contribution in [0.5, 0.6) is 5.75 Å². The van der Waals surface area contributed by atoms with Crippen molar-refractivity contribution in [3.05, 3.63) is 65.2 Å². The van der Waals surface area contributed by atoms with Crippen LogP contribution in [0.2, 0.25) is 0 Å². The van der Waals surface area contributed by atoms with E-state index in [1.165, 1.54) is 0 Å². The summed E-state index contributed by atoms with van der Waals surface area (Å²) >= 11 is 0. The lowest BCUT2D eigenvalue weighted by atomic mass is 9.99. The molecule has 0 spiro atoms. The van der Waals surface area contributed by atoms with Crippen molar-refractivity contribution in [2.24, 2.45) is 0 Å². The number of amides is 1. The maximum atomic E-state index is 13.4. The number of hydrogen-bond acceptors (Lipinski definition) is 3. The summed E-state index contributed by atoms with van der Waals surface area (Å²) in [6, 6.07) is 15.3. The molecule has 0 radical (unpaired) electrons. The van der Waals surface area contributed by atoms with Crippen molar-refractivity contribution in [1.82, 2.24) is 9.80 Å². The van der Waals surface area contributed by atoms with Crippen LogP contribution < -0.4 is 0 Å². The third-order valence-corrected chi connectivity index (χ3v) is 4.77. The first-order valence-electron chi connectivity index (χ1n) is 8.77. The SMILES string of the molecule is Cc1ccccc1[C@H](C(=O)N(Cc1cccc(O)c1)C1CC1)N(C)C. The van der Waals surface area contributed by atoms with Gasteiger partial charge in [-0.05, 0) is 62.7 Å². The van der Waals surface area contributed by atoms with Crippen molar-refractivity contribution in [1.29, 1.82) is 0 Å². The Bertz CT molecular complexity index is 753. The fourth-order valence-electron chi connectivity index (χ4n) is 3.31. The van der Waals surface area contributed by atoms with Crippen LogP contribution in [-0.4, -0.2) is 41.0 Å². The molecule has 1 saturated carbocycles. The van der Waals surface area contributed by atoms with Gasteiger partial charge in [0.15, 0.2) is 0 Å². The molecule has 2 aromatic carbocycles. The average molecular weight is 338 g/mol. The number of benzene rings is 2. The molecule has 0 aliphatic heterocycles. The lowest BCUT2D eigenvalue weighted by Gasteiger charge is -2.32. The number of hydrogen-bond donors (Lipinski definition) is 1. The summed E-state index contributed by atoms with van der Waals surface area (Å²) in [4.78, 5) is 17.4. The van der Waals surface area contributed by atoms with E-state index in [0.717, 1.165) is 29.5 Å². The number of phenols is 1. The van der Waals surface area contributed by atoms with Gasteiger partial charge >= 0.3 is 0 Å². The topological polar surface area (TPSA) is 43.8 Å². The van der Waals surface area contributed by atoms with Gasteiger partial charge in [-0.25, -0.2) is 0 Å². The van der Waals surface area contributed by atoms with Gasteiger partial charge in [-0.1, -0.05) is 36.4 Å². The molecule has 132 valence electrons. The van der Waals surface area contributed by atoms with Crippen molar-refractivity contribution in [3.8, 4) is 5.75 Å². The molecule has 4 heteroatoms. The smallest absolute Gasteiger partial charge is 0.245 e. The van der Waals surface area contributed by atoms with Crippen molar-refractivity contribution >= 4 is 5.91 Å². The van der Waals surface area contributed by atoms with Gasteiger partial charge in [0.2, 0.25) is 5.91 Å².